The molecular weight excluding hydrogens is 223 g/mol. The Bertz CT molecular complexity index is 49.6. The molecule has 0 amide bonds. The molecule has 0 saturated heterocycles. The summed E-state index contributed by atoms with van der Waals surface area (Å²) in [6.07, 6.45) is 0. The first-order chi connectivity index (χ1) is 4.13. The maximum atomic E-state index is 2.32. The van der Waals surface area contributed by atoms with Crippen LogP contribution in [0, 0.1) is 11.8 Å². The molecule has 0 nitrogen and oxygen atoms in total. The normalized spacial score (nSPS) is 11.3. The summed E-state index contributed by atoms with van der Waals surface area (Å²) in [5.74, 6) is 1.88. The van der Waals surface area contributed by atoms with Gasteiger partial charge in [-0.2, -0.15) is 0 Å². The van der Waals surface area contributed by atoms with Crippen molar-refractivity contribution < 1.29 is 21.2 Å². The number of hydrogen-bond donors (Lipinski definition) is 0. The van der Waals surface area contributed by atoms with Crippen LogP contribution in [0.5, 0.6) is 0 Å². The zero-order chi connectivity index (χ0) is 7.28. The van der Waals surface area contributed by atoms with Gasteiger partial charge in [-0.1, -0.05) is 27.7 Å². The third-order valence-electron chi connectivity index (χ3n) is 0.835. The van der Waals surface area contributed by atoms with Crippen LogP contribution in [0.2, 0.25) is 0 Å². The predicted octanol–water partition coefficient (Wildman–Crippen LogP) is -0.613. The van der Waals surface area contributed by atoms with E-state index >= 15 is 0 Å². The van der Waals surface area contributed by atoms with Crippen molar-refractivity contribution in [2.75, 3.05) is 8.86 Å². The largest absolute Gasteiger partial charge is 0.269 e. The zero-order valence-electron chi connectivity index (χ0n) is 6.95. The van der Waals surface area contributed by atoms with Gasteiger partial charge in [0, 0.05) is 0 Å². The van der Waals surface area contributed by atoms with Crippen molar-refractivity contribution in [3.8, 4) is 0 Å². The third-order valence-corrected chi connectivity index (χ3v) is 5.60. The van der Waals surface area contributed by atoms with Gasteiger partial charge in [-0.3, -0.25) is 0 Å². The standard InChI is InChI=1S/C8H18I/c1-7(2)5-9-6-8(3)4/h7-8H,5-6H2,1-4H3/q+1. The summed E-state index contributed by atoms with van der Waals surface area (Å²) in [6, 6.07) is 0. The molecule has 0 bridgehead atoms. The average Bonchev–Trinajstić information content (AvgIpc) is 1.63. The maximum absolute atomic E-state index is 2.32. The van der Waals surface area contributed by atoms with Crippen molar-refractivity contribution in [2.45, 2.75) is 27.7 Å². The molecule has 0 aliphatic carbocycles. The Hall–Kier alpha value is 0.730. The minimum absolute atomic E-state index is 0.544. The first-order valence-corrected chi connectivity index (χ1v) is 6.71. The van der Waals surface area contributed by atoms with Gasteiger partial charge in [-0.15, -0.1) is 0 Å². The number of alkyl halides is 2. The van der Waals surface area contributed by atoms with Crippen LogP contribution >= 0.6 is 0 Å². The molecule has 0 aliphatic rings. The Labute approximate surface area is 69.7 Å². The fourth-order valence-corrected chi connectivity index (χ4v) is 3.35. The lowest BCUT2D eigenvalue weighted by atomic mass is 10.3. The Morgan fingerprint density at radius 3 is 1.44 bits per heavy atom. The SMILES string of the molecule is CC(C)C[I+]CC(C)C. The van der Waals surface area contributed by atoms with Gasteiger partial charge < -0.3 is 0 Å². The third kappa shape index (κ3) is 8.73. The Morgan fingerprint density at radius 1 is 0.889 bits per heavy atom. The quantitative estimate of drug-likeness (QED) is 0.455. The van der Waals surface area contributed by atoms with Gasteiger partial charge in [-0.25, -0.2) is 0 Å². The lowest BCUT2D eigenvalue weighted by Crippen LogP contribution is -3.64. The Morgan fingerprint density at radius 2 is 1.22 bits per heavy atom. The summed E-state index contributed by atoms with van der Waals surface area (Å²) in [5.41, 5.74) is 0. The average molecular weight is 241 g/mol. The van der Waals surface area contributed by atoms with E-state index in [1.165, 1.54) is 8.86 Å². The maximum Gasteiger partial charge on any atom is 0.269 e. The van der Waals surface area contributed by atoms with E-state index in [4.69, 9.17) is 0 Å². The van der Waals surface area contributed by atoms with Crippen LogP contribution in [-0.2, 0) is 0 Å². The molecule has 0 aliphatic heterocycles. The molecule has 0 aromatic carbocycles. The highest BCUT2D eigenvalue weighted by Gasteiger charge is 2.10. The van der Waals surface area contributed by atoms with E-state index in [0.717, 1.165) is 11.8 Å². The predicted molar refractivity (Wildman–Crippen MR) is 39.4 cm³/mol. The molecule has 9 heavy (non-hydrogen) atoms. The van der Waals surface area contributed by atoms with Gasteiger partial charge in [0.15, 0.2) is 0 Å². The molecule has 0 unspecified atom stereocenters. The second kappa shape index (κ2) is 5.51. The van der Waals surface area contributed by atoms with Crippen molar-refractivity contribution in [3.63, 3.8) is 0 Å². The minimum Gasteiger partial charge on any atom is -0.0587 e. The molecule has 0 N–H and O–H groups in total. The lowest BCUT2D eigenvalue weighted by Gasteiger charge is -1.93. The second-order valence-corrected chi connectivity index (χ2v) is 6.13. The Balaban J connectivity index is 2.91. The van der Waals surface area contributed by atoms with E-state index in [2.05, 4.69) is 27.7 Å². The van der Waals surface area contributed by atoms with E-state index in [0.29, 0.717) is 21.2 Å². The lowest BCUT2D eigenvalue weighted by molar-refractivity contribution is -0.664. The smallest absolute Gasteiger partial charge is 0.0587 e. The van der Waals surface area contributed by atoms with E-state index < -0.39 is 0 Å². The topological polar surface area (TPSA) is 0 Å². The van der Waals surface area contributed by atoms with Crippen LogP contribution in [-0.4, -0.2) is 8.86 Å². The van der Waals surface area contributed by atoms with Crippen LogP contribution in [0.1, 0.15) is 27.7 Å². The highest BCUT2D eigenvalue weighted by Crippen LogP contribution is 1.82. The van der Waals surface area contributed by atoms with Gasteiger partial charge in [0.2, 0.25) is 0 Å². The van der Waals surface area contributed by atoms with Gasteiger partial charge in [0.25, 0.3) is 21.2 Å². The summed E-state index contributed by atoms with van der Waals surface area (Å²) >= 11 is 0.544. The van der Waals surface area contributed by atoms with E-state index in [1.807, 2.05) is 0 Å². The van der Waals surface area contributed by atoms with Crippen molar-refractivity contribution in [3.05, 3.63) is 0 Å². The number of rotatable bonds is 4. The van der Waals surface area contributed by atoms with E-state index in [-0.39, 0.29) is 0 Å². The van der Waals surface area contributed by atoms with E-state index in [9.17, 15) is 0 Å². The summed E-state index contributed by atoms with van der Waals surface area (Å²) in [7, 11) is 0. The second-order valence-electron chi connectivity index (χ2n) is 3.29. The van der Waals surface area contributed by atoms with Crippen molar-refractivity contribution >= 4 is 0 Å². The first-order valence-electron chi connectivity index (χ1n) is 3.66. The molecule has 0 rings (SSSR count). The van der Waals surface area contributed by atoms with Gasteiger partial charge in [-0.05, 0) is 11.8 Å². The molecule has 0 radical (unpaired) electrons. The van der Waals surface area contributed by atoms with Crippen molar-refractivity contribution in [2.24, 2.45) is 11.8 Å². The molecule has 56 valence electrons. The molecule has 0 spiro atoms. The fourth-order valence-electron chi connectivity index (χ4n) is 0.499. The van der Waals surface area contributed by atoms with Crippen LogP contribution in [0.3, 0.4) is 0 Å². The molecular formula is C8H18I+. The van der Waals surface area contributed by atoms with Gasteiger partial charge in [0.1, 0.15) is 8.86 Å². The van der Waals surface area contributed by atoms with Gasteiger partial charge in [0.05, 0.1) is 0 Å². The molecule has 0 saturated carbocycles. The molecule has 0 heterocycles. The molecule has 0 atom stereocenters. The molecule has 0 fully saturated rings. The Kier molecular flexibility index (Phi) is 5.96. The summed E-state index contributed by atoms with van der Waals surface area (Å²) < 4.78 is 3.02. The summed E-state index contributed by atoms with van der Waals surface area (Å²) in [6.45, 7) is 9.28. The molecule has 0 aromatic rings. The summed E-state index contributed by atoms with van der Waals surface area (Å²) in [5, 5.41) is 0. The van der Waals surface area contributed by atoms with E-state index in [1.54, 1.807) is 0 Å². The van der Waals surface area contributed by atoms with Crippen LogP contribution in [0.25, 0.3) is 0 Å². The van der Waals surface area contributed by atoms with Gasteiger partial charge >= 0.3 is 0 Å². The monoisotopic (exact) mass is 241 g/mol. The van der Waals surface area contributed by atoms with Crippen LogP contribution in [0.4, 0.5) is 0 Å². The van der Waals surface area contributed by atoms with Crippen molar-refractivity contribution in [1.29, 1.82) is 0 Å². The molecule has 1 heteroatoms. The highest BCUT2D eigenvalue weighted by molar-refractivity contribution is 4.37. The fraction of sp³-hybridized carbons (Fsp3) is 1.00. The van der Waals surface area contributed by atoms with Crippen LogP contribution in [0.15, 0.2) is 0 Å². The van der Waals surface area contributed by atoms with Crippen molar-refractivity contribution in [1.82, 2.24) is 0 Å². The number of hydrogen-bond acceptors (Lipinski definition) is 0. The highest BCUT2D eigenvalue weighted by atomic mass is 127. The summed E-state index contributed by atoms with van der Waals surface area (Å²) in [4.78, 5) is 0. The van der Waals surface area contributed by atoms with Crippen LogP contribution < -0.4 is 21.2 Å². The minimum atomic E-state index is 0.544. The zero-order valence-corrected chi connectivity index (χ0v) is 9.10. The molecule has 0 aromatic heterocycles. The first kappa shape index (κ1) is 9.73. The number of halogens is 1.